The second-order valence-corrected chi connectivity index (χ2v) is 4.61. The van der Waals surface area contributed by atoms with Crippen LogP contribution in [0.5, 0.6) is 0 Å². The van der Waals surface area contributed by atoms with Crippen molar-refractivity contribution in [2.75, 3.05) is 0 Å². The number of nitrogens with two attached hydrogens (primary N) is 1. The molecule has 1 aliphatic rings. The van der Waals surface area contributed by atoms with Gasteiger partial charge in [-0.05, 0) is 12.8 Å². The minimum absolute atomic E-state index is 0.0378. The van der Waals surface area contributed by atoms with Crippen LogP contribution in [0.2, 0.25) is 0 Å². The van der Waals surface area contributed by atoms with Gasteiger partial charge in [0, 0.05) is 17.9 Å². The molecule has 2 atom stereocenters. The maximum Gasteiger partial charge on any atom is 0.389 e. The second kappa shape index (κ2) is 3.08. The molecule has 5 heteroatoms. The van der Waals surface area contributed by atoms with E-state index in [0.717, 1.165) is 0 Å². The molecule has 0 radical (unpaired) electrons. The van der Waals surface area contributed by atoms with Gasteiger partial charge in [-0.1, -0.05) is 13.8 Å². The highest BCUT2D eigenvalue weighted by molar-refractivity contribution is 5.11. The zero-order valence-electron chi connectivity index (χ0n) is 8.29. The lowest BCUT2D eigenvalue weighted by Crippen LogP contribution is -2.65. The molecule has 0 amide bonds. The van der Waals surface area contributed by atoms with Gasteiger partial charge in [-0.3, -0.25) is 0 Å². The van der Waals surface area contributed by atoms with Crippen LogP contribution in [0.25, 0.3) is 0 Å². The van der Waals surface area contributed by atoms with Crippen LogP contribution in [0.15, 0.2) is 0 Å². The summed E-state index contributed by atoms with van der Waals surface area (Å²) in [6, 6.07) is -0.333. The van der Waals surface area contributed by atoms with Gasteiger partial charge in [0.1, 0.15) is 5.67 Å². The second-order valence-electron chi connectivity index (χ2n) is 4.61. The van der Waals surface area contributed by atoms with E-state index in [1.54, 1.807) is 13.8 Å². The van der Waals surface area contributed by atoms with Crippen molar-refractivity contribution in [2.45, 2.75) is 51.0 Å². The summed E-state index contributed by atoms with van der Waals surface area (Å²) in [6.07, 6.45) is -5.79. The molecule has 0 aliphatic heterocycles. The Morgan fingerprint density at radius 2 is 1.86 bits per heavy atom. The Hall–Kier alpha value is -0.320. The highest BCUT2D eigenvalue weighted by atomic mass is 19.4. The van der Waals surface area contributed by atoms with Crippen LogP contribution in [-0.4, -0.2) is 17.9 Å². The van der Waals surface area contributed by atoms with Gasteiger partial charge in [0.25, 0.3) is 0 Å². The van der Waals surface area contributed by atoms with Crippen molar-refractivity contribution in [2.24, 2.45) is 11.1 Å². The number of alkyl halides is 4. The van der Waals surface area contributed by atoms with Crippen molar-refractivity contribution < 1.29 is 17.6 Å². The van der Waals surface area contributed by atoms with E-state index in [9.17, 15) is 17.6 Å². The zero-order valence-corrected chi connectivity index (χ0v) is 8.29. The van der Waals surface area contributed by atoms with Crippen LogP contribution in [0.4, 0.5) is 17.6 Å². The van der Waals surface area contributed by atoms with Gasteiger partial charge in [-0.2, -0.15) is 13.2 Å². The molecular formula is C9H15F4N. The Morgan fingerprint density at radius 3 is 2.14 bits per heavy atom. The van der Waals surface area contributed by atoms with Gasteiger partial charge in [-0.25, -0.2) is 4.39 Å². The third kappa shape index (κ3) is 1.87. The molecule has 1 rings (SSSR count). The Labute approximate surface area is 80.7 Å². The van der Waals surface area contributed by atoms with E-state index in [1.165, 1.54) is 0 Å². The average molecular weight is 213 g/mol. The van der Waals surface area contributed by atoms with E-state index >= 15 is 0 Å². The summed E-state index contributed by atoms with van der Waals surface area (Å²) in [5, 5.41) is 0. The Bertz CT molecular complexity index is 223. The third-order valence-corrected chi connectivity index (χ3v) is 3.43. The normalized spacial score (nSPS) is 36.6. The fourth-order valence-corrected chi connectivity index (χ4v) is 1.83. The Balaban J connectivity index is 2.54. The topological polar surface area (TPSA) is 26.0 Å². The molecular weight excluding hydrogens is 198 g/mol. The van der Waals surface area contributed by atoms with Crippen molar-refractivity contribution in [3.63, 3.8) is 0 Å². The van der Waals surface area contributed by atoms with Crippen LogP contribution in [-0.2, 0) is 0 Å². The van der Waals surface area contributed by atoms with Gasteiger partial charge in [0.2, 0.25) is 0 Å². The van der Waals surface area contributed by atoms with E-state index in [-0.39, 0.29) is 12.5 Å². The molecule has 0 heterocycles. The molecule has 1 saturated carbocycles. The number of halogens is 4. The average Bonchev–Trinajstić information content (AvgIpc) is 2.00. The SMILES string of the molecule is CC1(C)C(N)CC1(F)CCC(F)(F)F. The lowest BCUT2D eigenvalue weighted by atomic mass is 9.55. The lowest BCUT2D eigenvalue weighted by Gasteiger charge is -2.55. The summed E-state index contributed by atoms with van der Waals surface area (Å²) in [5.41, 5.74) is 2.97. The maximum absolute atomic E-state index is 13.9. The fraction of sp³-hybridized carbons (Fsp3) is 1.00. The molecule has 0 aromatic carbocycles. The molecule has 2 unspecified atom stereocenters. The van der Waals surface area contributed by atoms with E-state index in [2.05, 4.69) is 0 Å². The smallest absolute Gasteiger partial charge is 0.327 e. The predicted molar refractivity (Wildman–Crippen MR) is 45.5 cm³/mol. The number of hydrogen-bond donors (Lipinski definition) is 1. The summed E-state index contributed by atoms with van der Waals surface area (Å²) >= 11 is 0. The molecule has 1 nitrogen and oxygen atoms in total. The zero-order chi connectivity index (χ0) is 11.2. The molecule has 0 saturated heterocycles. The fourth-order valence-electron chi connectivity index (χ4n) is 1.83. The number of hydrogen-bond acceptors (Lipinski definition) is 1. The lowest BCUT2D eigenvalue weighted by molar-refractivity contribution is -0.167. The van der Waals surface area contributed by atoms with Crippen LogP contribution >= 0.6 is 0 Å². The summed E-state index contributed by atoms with van der Waals surface area (Å²) in [4.78, 5) is 0. The first kappa shape index (κ1) is 11.8. The molecule has 84 valence electrons. The van der Waals surface area contributed by atoms with Crippen molar-refractivity contribution in [1.29, 1.82) is 0 Å². The van der Waals surface area contributed by atoms with E-state index < -0.39 is 30.1 Å². The summed E-state index contributed by atoms with van der Waals surface area (Å²) in [6.45, 7) is 3.16. The largest absolute Gasteiger partial charge is 0.389 e. The van der Waals surface area contributed by atoms with Crippen molar-refractivity contribution in [3.05, 3.63) is 0 Å². The minimum Gasteiger partial charge on any atom is -0.327 e. The molecule has 1 fully saturated rings. The van der Waals surface area contributed by atoms with E-state index in [4.69, 9.17) is 5.73 Å². The highest BCUT2D eigenvalue weighted by Gasteiger charge is 2.59. The predicted octanol–water partition coefficient (Wildman–Crippen LogP) is 2.79. The van der Waals surface area contributed by atoms with Crippen molar-refractivity contribution >= 4 is 0 Å². The van der Waals surface area contributed by atoms with E-state index in [1.807, 2.05) is 0 Å². The van der Waals surface area contributed by atoms with Crippen LogP contribution in [0.3, 0.4) is 0 Å². The quantitative estimate of drug-likeness (QED) is 0.701. The van der Waals surface area contributed by atoms with Gasteiger partial charge < -0.3 is 5.73 Å². The summed E-state index contributed by atoms with van der Waals surface area (Å²) < 4.78 is 49.6. The van der Waals surface area contributed by atoms with Gasteiger partial charge in [-0.15, -0.1) is 0 Å². The molecule has 0 bridgehead atoms. The van der Waals surface area contributed by atoms with Crippen LogP contribution in [0.1, 0.15) is 33.1 Å². The molecule has 14 heavy (non-hydrogen) atoms. The van der Waals surface area contributed by atoms with Crippen molar-refractivity contribution in [3.8, 4) is 0 Å². The monoisotopic (exact) mass is 213 g/mol. The standard InChI is InChI=1S/C9H15F4N/c1-7(2)6(14)5-8(7,10)3-4-9(11,12)13/h6H,3-5,14H2,1-2H3. The van der Waals surface area contributed by atoms with E-state index in [0.29, 0.717) is 0 Å². The summed E-state index contributed by atoms with van der Waals surface area (Å²) in [5.74, 6) is 0. The Morgan fingerprint density at radius 1 is 1.36 bits per heavy atom. The maximum atomic E-state index is 13.9. The highest BCUT2D eigenvalue weighted by Crippen LogP contribution is 2.54. The molecule has 0 aromatic heterocycles. The third-order valence-electron chi connectivity index (χ3n) is 3.43. The van der Waals surface area contributed by atoms with Gasteiger partial charge in [0.05, 0.1) is 0 Å². The van der Waals surface area contributed by atoms with Gasteiger partial charge in [0.15, 0.2) is 0 Å². The van der Waals surface area contributed by atoms with Crippen LogP contribution in [0, 0.1) is 5.41 Å². The first-order valence-electron chi connectivity index (χ1n) is 4.60. The first-order valence-corrected chi connectivity index (χ1v) is 4.60. The molecule has 2 N–H and O–H groups in total. The Kier molecular flexibility index (Phi) is 2.59. The minimum atomic E-state index is -4.28. The van der Waals surface area contributed by atoms with Crippen LogP contribution < -0.4 is 5.73 Å². The number of rotatable bonds is 2. The molecule has 0 spiro atoms. The van der Waals surface area contributed by atoms with Gasteiger partial charge >= 0.3 is 6.18 Å². The molecule has 0 aromatic rings. The van der Waals surface area contributed by atoms with Crippen molar-refractivity contribution in [1.82, 2.24) is 0 Å². The molecule has 1 aliphatic carbocycles. The summed E-state index contributed by atoms with van der Waals surface area (Å²) in [7, 11) is 0. The first-order chi connectivity index (χ1) is 6.08.